The van der Waals surface area contributed by atoms with Gasteiger partial charge in [-0.3, -0.25) is 4.79 Å². The van der Waals surface area contributed by atoms with Gasteiger partial charge in [0.15, 0.2) is 0 Å². The maximum absolute atomic E-state index is 12.8. The first kappa shape index (κ1) is 18.0. The van der Waals surface area contributed by atoms with Crippen LogP contribution in [0.2, 0.25) is 0 Å². The van der Waals surface area contributed by atoms with Gasteiger partial charge < -0.3 is 15.5 Å². The van der Waals surface area contributed by atoms with Crippen LogP contribution in [0, 0.1) is 5.92 Å². The van der Waals surface area contributed by atoms with Crippen LogP contribution in [0.3, 0.4) is 0 Å². The molecule has 2 aromatic rings. The van der Waals surface area contributed by atoms with Crippen LogP contribution < -0.4 is 10.6 Å². The maximum atomic E-state index is 12.8. The van der Waals surface area contributed by atoms with Crippen LogP contribution in [0.25, 0.3) is 0 Å². The molecule has 0 saturated heterocycles. The summed E-state index contributed by atoms with van der Waals surface area (Å²) < 4.78 is 0. The van der Waals surface area contributed by atoms with E-state index in [4.69, 9.17) is 0 Å². The van der Waals surface area contributed by atoms with E-state index < -0.39 is 0 Å². The third-order valence-corrected chi connectivity index (χ3v) is 5.98. The summed E-state index contributed by atoms with van der Waals surface area (Å²) in [6.07, 6.45) is 4.16. The molecule has 0 aliphatic heterocycles. The Hall–Kier alpha value is -2.34. The zero-order valence-electron chi connectivity index (χ0n) is 15.5. The molecule has 2 N–H and O–H groups in total. The fraction of sp³-hybridized carbons (Fsp3) is 0.429. The second kappa shape index (κ2) is 7.72. The molecule has 2 aliphatic rings. The zero-order valence-corrected chi connectivity index (χ0v) is 16.3. The van der Waals surface area contributed by atoms with Crippen molar-refractivity contribution >= 4 is 29.0 Å². The smallest absolute Gasteiger partial charge is 0.318 e. The minimum Gasteiger partial charge on any atom is -0.331 e. The molecule has 4 rings (SSSR count). The average molecular weight is 384 g/mol. The van der Waals surface area contributed by atoms with Crippen LogP contribution in [-0.2, 0) is 11.3 Å². The van der Waals surface area contributed by atoms with E-state index in [0.29, 0.717) is 12.6 Å². The van der Waals surface area contributed by atoms with Crippen molar-refractivity contribution in [2.24, 2.45) is 5.92 Å². The van der Waals surface area contributed by atoms with Crippen molar-refractivity contribution in [1.29, 1.82) is 0 Å². The molecule has 1 unspecified atom stereocenters. The van der Waals surface area contributed by atoms with E-state index in [9.17, 15) is 9.59 Å². The van der Waals surface area contributed by atoms with Gasteiger partial charge in [-0.2, -0.15) is 0 Å². The first-order valence-electron chi connectivity index (χ1n) is 9.60. The van der Waals surface area contributed by atoms with E-state index in [1.807, 2.05) is 47.5 Å². The van der Waals surface area contributed by atoms with E-state index in [2.05, 4.69) is 16.7 Å². The average Bonchev–Trinajstić information content (AvgIpc) is 3.59. The van der Waals surface area contributed by atoms with Gasteiger partial charge in [0.1, 0.15) is 0 Å². The third kappa shape index (κ3) is 4.69. The van der Waals surface area contributed by atoms with Gasteiger partial charge in [0.25, 0.3) is 0 Å². The fourth-order valence-corrected chi connectivity index (χ4v) is 3.82. The molecule has 1 aromatic heterocycles. The predicted octanol–water partition coefficient (Wildman–Crippen LogP) is 4.53. The molecule has 3 amide bonds. The summed E-state index contributed by atoms with van der Waals surface area (Å²) in [5.41, 5.74) is 1.84. The van der Waals surface area contributed by atoms with Crippen molar-refractivity contribution in [3.63, 3.8) is 0 Å². The van der Waals surface area contributed by atoms with Gasteiger partial charge in [-0.1, -0.05) is 18.2 Å². The van der Waals surface area contributed by atoms with E-state index in [0.717, 1.165) is 36.9 Å². The molecule has 0 spiro atoms. The number of thiophene rings is 1. The Kier molecular flexibility index (Phi) is 5.16. The van der Waals surface area contributed by atoms with Gasteiger partial charge in [-0.05, 0) is 61.7 Å². The molecule has 6 heteroatoms. The Balaban J connectivity index is 1.34. The highest BCUT2D eigenvalue weighted by Crippen LogP contribution is 2.31. The van der Waals surface area contributed by atoms with Gasteiger partial charge in [-0.15, -0.1) is 11.3 Å². The molecular formula is C21H25N3O2S. The second-order valence-electron chi connectivity index (χ2n) is 7.50. The summed E-state index contributed by atoms with van der Waals surface area (Å²) in [5.74, 6) is 0.303. The van der Waals surface area contributed by atoms with E-state index in [-0.39, 0.29) is 23.9 Å². The van der Waals surface area contributed by atoms with Gasteiger partial charge in [0.05, 0.1) is 12.6 Å². The highest BCUT2D eigenvalue weighted by molar-refractivity contribution is 7.09. The molecule has 2 aliphatic carbocycles. The quantitative estimate of drug-likeness (QED) is 0.738. The molecule has 2 fully saturated rings. The Morgan fingerprint density at radius 2 is 1.89 bits per heavy atom. The number of nitrogens with zero attached hydrogens (tertiary/aromatic N) is 1. The molecule has 0 radical (unpaired) electrons. The summed E-state index contributed by atoms with van der Waals surface area (Å²) >= 11 is 1.69. The normalized spacial score (nSPS) is 17.2. The molecule has 1 aromatic carbocycles. The highest BCUT2D eigenvalue weighted by atomic mass is 32.1. The van der Waals surface area contributed by atoms with Crippen molar-refractivity contribution in [2.75, 3.05) is 5.32 Å². The van der Waals surface area contributed by atoms with Crippen molar-refractivity contribution < 1.29 is 9.59 Å². The summed E-state index contributed by atoms with van der Waals surface area (Å²) in [6, 6.07) is 12.1. The van der Waals surface area contributed by atoms with E-state index in [1.54, 1.807) is 11.3 Å². The van der Waals surface area contributed by atoms with Crippen LogP contribution in [0.5, 0.6) is 0 Å². The predicted molar refractivity (Wildman–Crippen MR) is 108 cm³/mol. The summed E-state index contributed by atoms with van der Waals surface area (Å²) in [6.45, 7) is 2.67. The van der Waals surface area contributed by atoms with Crippen molar-refractivity contribution in [1.82, 2.24) is 10.2 Å². The minimum absolute atomic E-state index is 0.00971. The number of carbonyl (C=O) groups is 2. The zero-order chi connectivity index (χ0) is 18.8. The Labute approximate surface area is 163 Å². The van der Waals surface area contributed by atoms with Gasteiger partial charge in [-0.25, -0.2) is 4.79 Å². The Bertz CT molecular complexity index is 795. The number of amides is 3. The lowest BCUT2D eigenvalue weighted by Crippen LogP contribution is -2.41. The molecule has 2 saturated carbocycles. The number of anilines is 1. The van der Waals surface area contributed by atoms with Crippen LogP contribution in [0.1, 0.15) is 49.1 Å². The number of nitrogens with one attached hydrogen (secondary N) is 2. The number of hydrogen-bond donors (Lipinski definition) is 2. The number of carbonyl (C=O) groups excluding carboxylic acids is 2. The van der Waals surface area contributed by atoms with Gasteiger partial charge in [0.2, 0.25) is 5.91 Å². The molecule has 0 bridgehead atoms. The lowest BCUT2D eigenvalue weighted by atomic mass is 10.1. The number of benzene rings is 1. The lowest BCUT2D eigenvalue weighted by molar-refractivity contribution is -0.117. The second-order valence-corrected chi connectivity index (χ2v) is 8.53. The highest BCUT2D eigenvalue weighted by Gasteiger charge is 2.33. The molecule has 27 heavy (non-hydrogen) atoms. The van der Waals surface area contributed by atoms with Crippen LogP contribution in [-0.4, -0.2) is 22.9 Å². The number of rotatable bonds is 7. The SMILES string of the molecule is CC(NC(=O)N(Cc1cccs1)C1CC1)c1ccc(NC(=O)C2CC2)cc1. The summed E-state index contributed by atoms with van der Waals surface area (Å²) in [4.78, 5) is 27.8. The third-order valence-electron chi connectivity index (χ3n) is 5.12. The Morgan fingerprint density at radius 3 is 2.48 bits per heavy atom. The topological polar surface area (TPSA) is 61.4 Å². The number of urea groups is 1. The lowest BCUT2D eigenvalue weighted by Gasteiger charge is -2.25. The summed E-state index contributed by atoms with van der Waals surface area (Å²) in [5, 5.41) is 8.11. The molecule has 5 nitrogen and oxygen atoms in total. The van der Waals surface area contributed by atoms with Crippen molar-refractivity contribution in [3.05, 3.63) is 52.2 Å². The molecule has 1 atom stereocenters. The standard InChI is InChI=1S/C21H25N3O2S/c1-14(15-6-8-17(9-7-15)23-20(25)16-4-5-16)22-21(26)24(18-10-11-18)13-19-3-2-12-27-19/h2-3,6-9,12,14,16,18H,4-5,10-11,13H2,1H3,(H,22,26)(H,23,25). The monoisotopic (exact) mass is 383 g/mol. The summed E-state index contributed by atoms with van der Waals surface area (Å²) in [7, 11) is 0. The molecule has 142 valence electrons. The van der Waals surface area contributed by atoms with E-state index >= 15 is 0 Å². The van der Waals surface area contributed by atoms with Gasteiger partial charge >= 0.3 is 6.03 Å². The largest absolute Gasteiger partial charge is 0.331 e. The van der Waals surface area contributed by atoms with Crippen molar-refractivity contribution in [2.45, 2.75) is 51.2 Å². The maximum Gasteiger partial charge on any atom is 0.318 e. The van der Waals surface area contributed by atoms with Crippen LogP contribution in [0.4, 0.5) is 10.5 Å². The molecular weight excluding hydrogens is 358 g/mol. The van der Waals surface area contributed by atoms with Crippen LogP contribution in [0.15, 0.2) is 41.8 Å². The van der Waals surface area contributed by atoms with E-state index in [1.165, 1.54) is 4.88 Å². The first-order chi connectivity index (χ1) is 13.1. The van der Waals surface area contributed by atoms with Crippen molar-refractivity contribution in [3.8, 4) is 0 Å². The minimum atomic E-state index is -0.0877. The Morgan fingerprint density at radius 1 is 1.15 bits per heavy atom. The van der Waals surface area contributed by atoms with Gasteiger partial charge in [0, 0.05) is 22.5 Å². The molecule has 1 heterocycles. The number of hydrogen-bond acceptors (Lipinski definition) is 3. The first-order valence-corrected chi connectivity index (χ1v) is 10.5. The van der Waals surface area contributed by atoms with Crippen LogP contribution >= 0.6 is 11.3 Å². The fourth-order valence-electron chi connectivity index (χ4n) is 3.12.